The molecule has 0 aromatic carbocycles. The first-order valence-corrected chi connectivity index (χ1v) is 2.27. The van der Waals surface area contributed by atoms with Crippen LogP contribution >= 0.6 is 9.24 Å². The Morgan fingerprint density at radius 1 is 2.00 bits per heavy atom. The third-order valence-electron chi connectivity index (χ3n) is 0.478. The zero-order valence-electron chi connectivity index (χ0n) is 3.73. The largest absolute Gasteiger partial charge is 0.115 e. The van der Waals surface area contributed by atoms with Gasteiger partial charge in [-0.2, -0.15) is 0 Å². The Morgan fingerprint density at radius 2 is 2.50 bits per heavy atom. The molecular formula is C5H7P. The van der Waals surface area contributed by atoms with E-state index in [1.54, 1.807) is 0 Å². The van der Waals surface area contributed by atoms with Crippen molar-refractivity contribution in [1.29, 1.82) is 0 Å². The molecule has 1 unspecified atom stereocenters. The minimum absolute atomic E-state index is 0.912. The van der Waals surface area contributed by atoms with Crippen molar-refractivity contribution in [2.75, 3.05) is 0 Å². The molecule has 0 bridgehead atoms. The molecule has 1 atom stereocenters. The van der Waals surface area contributed by atoms with E-state index < -0.39 is 0 Å². The van der Waals surface area contributed by atoms with E-state index >= 15 is 0 Å². The molecule has 0 aromatic heterocycles. The normalized spacial score (nSPS) is 10.5. The van der Waals surface area contributed by atoms with E-state index in [0.29, 0.717) is 0 Å². The third kappa shape index (κ3) is 2.00. The second kappa shape index (κ2) is 2.94. The minimum Gasteiger partial charge on any atom is -0.115 e. The van der Waals surface area contributed by atoms with Gasteiger partial charge >= 0.3 is 0 Å². The Balaban J connectivity index is 3.61. The third-order valence-corrected chi connectivity index (χ3v) is 0.978. The lowest BCUT2D eigenvalue weighted by Crippen LogP contribution is -1.51. The molecule has 0 nitrogen and oxygen atoms in total. The van der Waals surface area contributed by atoms with Gasteiger partial charge in [-0.15, -0.1) is 6.42 Å². The first-order chi connectivity index (χ1) is 2.81. The van der Waals surface area contributed by atoms with Gasteiger partial charge in [-0.25, -0.2) is 0 Å². The number of hydrogen-bond acceptors (Lipinski definition) is 0. The molecule has 1 heteroatoms. The van der Waals surface area contributed by atoms with E-state index in [4.69, 9.17) is 6.42 Å². The molecule has 32 valence electrons. The molecular weight excluding hydrogens is 91.0 g/mol. The summed E-state index contributed by atoms with van der Waals surface area (Å²) in [4.78, 5) is 0. The van der Waals surface area contributed by atoms with Gasteiger partial charge in [0.25, 0.3) is 0 Å². The predicted octanol–water partition coefficient (Wildman–Crippen LogP) is 1.40. The fourth-order valence-corrected chi connectivity index (χ4v) is 0.0833. The van der Waals surface area contributed by atoms with Gasteiger partial charge in [-0.3, -0.25) is 0 Å². The highest BCUT2D eigenvalue weighted by Crippen LogP contribution is 1.99. The van der Waals surface area contributed by atoms with Crippen molar-refractivity contribution in [3.05, 3.63) is 11.4 Å². The van der Waals surface area contributed by atoms with Crippen LogP contribution < -0.4 is 0 Å². The molecule has 0 rings (SSSR count). The van der Waals surface area contributed by atoms with E-state index in [1.165, 1.54) is 0 Å². The van der Waals surface area contributed by atoms with Crippen LogP contribution in [0.1, 0.15) is 6.92 Å². The maximum atomic E-state index is 4.94. The van der Waals surface area contributed by atoms with E-state index in [2.05, 4.69) is 15.2 Å². The Morgan fingerprint density at radius 3 is 2.50 bits per heavy atom. The molecule has 0 spiro atoms. The van der Waals surface area contributed by atoms with Gasteiger partial charge in [-0.1, -0.05) is 21.2 Å². The monoisotopic (exact) mass is 98.0 g/mol. The highest BCUT2D eigenvalue weighted by molar-refractivity contribution is 7.23. The van der Waals surface area contributed by atoms with Crippen LogP contribution in [0.25, 0.3) is 0 Å². The average molecular weight is 98.1 g/mol. The zero-order valence-corrected chi connectivity index (χ0v) is 4.89. The van der Waals surface area contributed by atoms with E-state index in [-0.39, 0.29) is 0 Å². The van der Waals surface area contributed by atoms with Crippen LogP contribution in [0.3, 0.4) is 0 Å². The van der Waals surface area contributed by atoms with Crippen molar-refractivity contribution < 1.29 is 0 Å². The van der Waals surface area contributed by atoms with E-state index in [1.807, 2.05) is 13.0 Å². The maximum Gasteiger partial charge on any atom is 0.0147 e. The van der Waals surface area contributed by atoms with Gasteiger partial charge in [0.2, 0.25) is 0 Å². The van der Waals surface area contributed by atoms with Crippen LogP contribution in [-0.2, 0) is 0 Å². The highest BCUT2D eigenvalue weighted by Gasteiger charge is 1.67. The van der Waals surface area contributed by atoms with Crippen LogP contribution in [0, 0.1) is 12.3 Å². The summed E-state index contributed by atoms with van der Waals surface area (Å²) >= 11 is 0. The van der Waals surface area contributed by atoms with Crippen LogP contribution in [0.5, 0.6) is 0 Å². The highest BCUT2D eigenvalue weighted by atomic mass is 31.0. The standard InChI is InChI=1S/C5H7P/c1-3-5(6)4-2/h1,4H,6H2,2H3/b5-4-. The van der Waals surface area contributed by atoms with Crippen molar-refractivity contribution in [2.45, 2.75) is 6.92 Å². The van der Waals surface area contributed by atoms with E-state index in [9.17, 15) is 0 Å². The summed E-state index contributed by atoms with van der Waals surface area (Å²) in [7, 11) is 2.44. The van der Waals surface area contributed by atoms with Crippen molar-refractivity contribution in [2.24, 2.45) is 0 Å². The molecule has 0 aliphatic rings. The second-order valence-electron chi connectivity index (χ2n) is 0.888. The SMILES string of the molecule is C#C/C(P)=C/C. The molecule has 0 aliphatic heterocycles. The molecule has 0 aliphatic carbocycles. The summed E-state index contributed by atoms with van der Waals surface area (Å²) in [6.07, 6.45) is 6.81. The van der Waals surface area contributed by atoms with Crippen LogP contribution in [0.4, 0.5) is 0 Å². The van der Waals surface area contributed by atoms with Gasteiger partial charge in [-0.05, 0) is 6.92 Å². The molecule has 0 saturated carbocycles. The summed E-state index contributed by atoms with van der Waals surface area (Å²) in [5.41, 5.74) is 0. The van der Waals surface area contributed by atoms with Gasteiger partial charge in [0.1, 0.15) is 0 Å². The fraction of sp³-hybridized carbons (Fsp3) is 0.200. The van der Waals surface area contributed by atoms with Crippen LogP contribution in [0.2, 0.25) is 0 Å². The van der Waals surface area contributed by atoms with Crippen LogP contribution in [-0.4, -0.2) is 0 Å². The quantitative estimate of drug-likeness (QED) is 0.317. The molecule has 0 N–H and O–H groups in total. The van der Waals surface area contributed by atoms with Crippen molar-refractivity contribution in [1.82, 2.24) is 0 Å². The average Bonchev–Trinajstić information content (AvgIpc) is 1.65. The Bertz CT molecular complexity index is 95.0. The second-order valence-corrected chi connectivity index (χ2v) is 1.51. The lowest BCUT2D eigenvalue weighted by molar-refractivity contribution is 1.74. The molecule has 0 saturated heterocycles. The minimum atomic E-state index is 0.912. The fourth-order valence-electron chi connectivity index (χ4n) is 0.0833. The Kier molecular flexibility index (Phi) is 2.81. The summed E-state index contributed by atoms with van der Waals surface area (Å²) in [6.45, 7) is 1.90. The Labute approximate surface area is 40.8 Å². The molecule has 0 heterocycles. The topological polar surface area (TPSA) is 0 Å². The van der Waals surface area contributed by atoms with Crippen molar-refractivity contribution in [3.8, 4) is 12.3 Å². The molecule has 0 amide bonds. The summed E-state index contributed by atoms with van der Waals surface area (Å²) in [5.74, 6) is 2.44. The van der Waals surface area contributed by atoms with Crippen molar-refractivity contribution in [3.63, 3.8) is 0 Å². The molecule has 0 aromatic rings. The number of allylic oxidation sites excluding steroid dienone is 2. The molecule has 0 fully saturated rings. The first kappa shape index (κ1) is 5.73. The summed E-state index contributed by atoms with van der Waals surface area (Å²) in [5, 5.41) is 0.912. The van der Waals surface area contributed by atoms with Gasteiger partial charge in [0.05, 0.1) is 0 Å². The smallest absolute Gasteiger partial charge is 0.0147 e. The van der Waals surface area contributed by atoms with Crippen molar-refractivity contribution >= 4 is 9.24 Å². The zero-order chi connectivity index (χ0) is 4.99. The first-order valence-electron chi connectivity index (χ1n) is 1.69. The molecule has 6 heavy (non-hydrogen) atoms. The Hall–Kier alpha value is -0.270. The summed E-state index contributed by atoms with van der Waals surface area (Å²) in [6, 6.07) is 0. The van der Waals surface area contributed by atoms with Gasteiger partial charge < -0.3 is 0 Å². The lowest BCUT2D eigenvalue weighted by atomic mass is 10.5. The number of rotatable bonds is 0. The van der Waals surface area contributed by atoms with Gasteiger partial charge in [0, 0.05) is 5.31 Å². The molecule has 0 radical (unpaired) electrons. The van der Waals surface area contributed by atoms with Gasteiger partial charge in [0.15, 0.2) is 0 Å². The predicted molar refractivity (Wildman–Crippen MR) is 32.3 cm³/mol. The number of hydrogen-bond donors (Lipinski definition) is 0. The summed E-state index contributed by atoms with van der Waals surface area (Å²) < 4.78 is 0. The van der Waals surface area contributed by atoms with E-state index in [0.717, 1.165) is 5.31 Å². The number of terminal acetylenes is 1. The maximum absolute atomic E-state index is 4.94. The lowest BCUT2D eigenvalue weighted by Gasteiger charge is -1.74. The van der Waals surface area contributed by atoms with Crippen LogP contribution in [0.15, 0.2) is 11.4 Å².